The molecule has 5 rings (SSSR count). The first-order valence-electron chi connectivity index (χ1n) is 9.17. The molecule has 4 aliphatic rings. The Kier molecular flexibility index (Phi) is 4.11. The van der Waals surface area contributed by atoms with Gasteiger partial charge in [-0.2, -0.15) is 0 Å². The monoisotopic (exact) mass is 342 g/mol. The first-order valence-corrected chi connectivity index (χ1v) is 9.58. The van der Waals surface area contributed by atoms with Gasteiger partial charge in [-0.25, -0.2) is 0 Å². The number of aryl methyl sites for hydroxylation is 1. The molecule has 0 aliphatic heterocycles. The van der Waals surface area contributed by atoms with Crippen LogP contribution in [0.5, 0.6) is 0 Å². The van der Waals surface area contributed by atoms with Gasteiger partial charge in [0.05, 0.1) is 5.41 Å². The van der Waals surface area contributed by atoms with Crippen LogP contribution in [0.3, 0.4) is 0 Å². The lowest BCUT2D eigenvalue weighted by Gasteiger charge is -2.55. The summed E-state index contributed by atoms with van der Waals surface area (Å²) >= 11 is 5.37. The van der Waals surface area contributed by atoms with E-state index in [-0.39, 0.29) is 11.3 Å². The molecule has 0 saturated heterocycles. The number of amides is 1. The van der Waals surface area contributed by atoms with E-state index in [1.165, 1.54) is 30.4 Å². The van der Waals surface area contributed by atoms with Crippen LogP contribution in [0.1, 0.15) is 49.7 Å². The minimum absolute atomic E-state index is 0.135. The zero-order valence-electron chi connectivity index (χ0n) is 14.3. The van der Waals surface area contributed by atoms with Gasteiger partial charge in [0.25, 0.3) is 0 Å². The number of thiocarbonyl (C=S) groups is 1. The van der Waals surface area contributed by atoms with Crippen molar-refractivity contribution in [1.29, 1.82) is 0 Å². The Morgan fingerprint density at radius 2 is 1.62 bits per heavy atom. The molecule has 1 amide bonds. The molecular formula is C20H26N2OS. The molecular weight excluding hydrogens is 316 g/mol. The van der Waals surface area contributed by atoms with Gasteiger partial charge < -0.3 is 10.6 Å². The zero-order chi connectivity index (χ0) is 16.7. The van der Waals surface area contributed by atoms with Gasteiger partial charge in [-0.3, -0.25) is 4.79 Å². The van der Waals surface area contributed by atoms with Gasteiger partial charge in [0, 0.05) is 6.54 Å². The van der Waals surface area contributed by atoms with Crippen LogP contribution >= 0.6 is 12.2 Å². The molecule has 0 atom stereocenters. The van der Waals surface area contributed by atoms with Gasteiger partial charge in [0.1, 0.15) is 0 Å². The van der Waals surface area contributed by atoms with E-state index in [2.05, 4.69) is 41.8 Å². The fraction of sp³-hybridized carbons (Fsp3) is 0.600. The van der Waals surface area contributed by atoms with Crippen molar-refractivity contribution in [3.8, 4) is 0 Å². The maximum atomic E-state index is 12.9. The van der Waals surface area contributed by atoms with Crippen LogP contribution in [0.4, 0.5) is 0 Å². The van der Waals surface area contributed by atoms with Crippen molar-refractivity contribution in [3.63, 3.8) is 0 Å². The molecule has 1 aromatic carbocycles. The Morgan fingerprint density at radius 3 is 2.17 bits per heavy atom. The van der Waals surface area contributed by atoms with Crippen molar-refractivity contribution in [3.05, 3.63) is 35.4 Å². The number of benzene rings is 1. The molecule has 2 N–H and O–H groups in total. The van der Waals surface area contributed by atoms with Crippen LogP contribution in [-0.2, 0) is 11.3 Å². The van der Waals surface area contributed by atoms with Gasteiger partial charge in [-0.15, -0.1) is 0 Å². The molecule has 4 heteroatoms. The van der Waals surface area contributed by atoms with Crippen LogP contribution in [0, 0.1) is 30.1 Å². The van der Waals surface area contributed by atoms with Gasteiger partial charge in [0.2, 0.25) is 5.91 Å². The third-order valence-corrected chi connectivity index (χ3v) is 6.57. The lowest BCUT2D eigenvalue weighted by molar-refractivity contribution is -0.144. The van der Waals surface area contributed by atoms with Crippen LogP contribution in [0.25, 0.3) is 0 Å². The maximum Gasteiger partial charge on any atom is 0.232 e. The summed E-state index contributed by atoms with van der Waals surface area (Å²) in [5, 5.41) is 6.65. The Balaban J connectivity index is 1.34. The third-order valence-electron chi connectivity index (χ3n) is 6.32. The van der Waals surface area contributed by atoms with Crippen LogP contribution in [-0.4, -0.2) is 11.0 Å². The Morgan fingerprint density at radius 1 is 1.08 bits per heavy atom. The Bertz CT molecular complexity index is 617. The van der Waals surface area contributed by atoms with Crippen molar-refractivity contribution in [1.82, 2.24) is 10.6 Å². The van der Waals surface area contributed by atoms with Gasteiger partial charge >= 0.3 is 0 Å². The number of nitrogens with one attached hydrogen (secondary N) is 2. The van der Waals surface area contributed by atoms with Crippen molar-refractivity contribution in [2.45, 2.75) is 52.0 Å². The summed E-state index contributed by atoms with van der Waals surface area (Å²) in [5.41, 5.74) is 2.29. The molecule has 4 saturated carbocycles. The number of rotatable bonds is 3. The second kappa shape index (κ2) is 6.14. The lowest BCUT2D eigenvalue weighted by atomic mass is 9.49. The van der Waals surface area contributed by atoms with Crippen LogP contribution in [0.15, 0.2) is 24.3 Å². The summed E-state index contributed by atoms with van der Waals surface area (Å²) in [4.78, 5) is 12.9. The van der Waals surface area contributed by atoms with E-state index in [4.69, 9.17) is 12.2 Å². The van der Waals surface area contributed by atoms with E-state index < -0.39 is 0 Å². The topological polar surface area (TPSA) is 41.1 Å². The highest BCUT2D eigenvalue weighted by atomic mass is 32.1. The predicted molar refractivity (Wildman–Crippen MR) is 99.4 cm³/mol. The molecule has 24 heavy (non-hydrogen) atoms. The summed E-state index contributed by atoms with van der Waals surface area (Å²) < 4.78 is 0. The van der Waals surface area contributed by atoms with Gasteiger partial charge in [-0.1, -0.05) is 29.8 Å². The number of carbonyl (C=O) groups is 1. The van der Waals surface area contributed by atoms with E-state index in [0.717, 1.165) is 37.0 Å². The molecule has 0 spiro atoms. The predicted octanol–water partition coefficient (Wildman–Crippen LogP) is 3.70. The molecule has 4 fully saturated rings. The first-order chi connectivity index (χ1) is 11.5. The molecule has 0 aromatic heterocycles. The van der Waals surface area contributed by atoms with Crippen molar-refractivity contribution in [2.24, 2.45) is 23.2 Å². The van der Waals surface area contributed by atoms with Crippen molar-refractivity contribution in [2.75, 3.05) is 0 Å². The Hall–Kier alpha value is -1.42. The molecule has 0 heterocycles. The smallest absolute Gasteiger partial charge is 0.232 e. The lowest BCUT2D eigenvalue weighted by Crippen LogP contribution is -2.55. The summed E-state index contributed by atoms with van der Waals surface area (Å²) in [6, 6.07) is 8.36. The molecule has 0 radical (unpaired) electrons. The molecule has 0 unspecified atom stereocenters. The molecule has 4 bridgehead atoms. The van der Waals surface area contributed by atoms with Crippen molar-refractivity contribution >= 4 is 23.2 Å². The van der Waals surface area contributed by atoms with E-state index >= 15 is 0 Å². The highest BCUT2D eigenvalue weighted by Crippen LogP contribution is 2.60. The fourth-order valence-corrected chi connectivity index (χ4v) is 5.72. The van der Waals surface area contributed by atoms with Crippen LogP contribution < -0.4 is 10.6 Å². The second-order valence-corrected chi connectivity index (χ2v) is 8.73. The Labute approximate surface area is 149 Å². The normalized spacial score (nSPS) is 33.3. The van der Waals surface area contributed by atoms with Gasteiger partial charge in [-0.05, 0) is 81.0 Å². The van der Waals surface area contributed by atoms with E-state index in [0.29, 0.717) is 11.7 Å². The number of hydrogen-bond donors (Lipinski definition) is 2. The fourth-order valence-electron chi connectivity index (χ4n) is 5.56. The average molecular weight is 343 g/mol. The summed E-state index contributed by atoms with van der Waals surface area (Å²) in [5.74, 6) is 2.49. The first kappa shape index (κ1) is 16.1. The SMILES string of the molecule is Cc1ccc(CNC(=S)NC(=O)C23CC4CC(CC(C4)C2)C3)cc1. The number of carbonyl (C=O) groups excluding carboxylic acids is 1. The highest BCUT2D eigenvalue weighted by molar-refractivity contribution is 7.80. The summed E-state index contributed by atoms with van der Waals surface area (Å²) in [6.07, 6.45) is 7.27. The largest absolute Gasteiger partial charge is 0.358 e. The van der Waals surface area contributed by atoms with E-state index in [1.54, 1.807) is 0 Å². The molecule has 128 valence electrons. The molecule has 3 nitrogen and oxygen atoms in total. The highest BCUT2D eigenvalue weighted by Gasteiger charge is 2.54. The summed E-state index contributed by atoms with van der Waals surface area (Å²) in [6.45, 7) is 2.73. The minimum Gasteiger partial charge on any atom is -0.358 e. The minimum atomic E-state index is -0.135. The van der Waals surface area contributed by atoms with Gasteiger partial charge in [0.15, 0.2) is 5.11 Å². The van der Waals surface area contributed by atoms with Crippen molar-refractivity contribution < 1.29 is 4.79 Å². The van der Waals surface area contributed by atoms with Crippen LogP contribution in [0.2, 0.25) is 0 Å². The quantitative estimate of drug-likeness (QED) is 0.823. The maximum absolute atomic E-state index is 12.9. The standard InChI is InChI=1S/C20H26N2OS/c1-13-2-4-14(5-3-13)12-21-19(24)22-18(23)20-9-15-6-16(10-20)8-17(7-15)11-20/h2-5,15-17H,6-12H2,1H3,(H2,21,22,23,24). The summed E-state index contributed by atoms with van der Waals surface area (Å²) in [7, 11) is 0. The van der Waals surface area contributed by atoms with E-state index in [9.17, 15) is 4.79 Å². The molecule has 4 aliphatic carbocycles. The molecule has 1 aromatic rings. The third kappa shape index (κ3) is 3.08. The number of hydrogen-bond acceptors (Lipinski definition) is 2. The van der Waals surface area contributed by atoms with E-state index in [1.807, 2.05) is 0 Å². The average Bonchev–Trinajstić information content (AvgIpc) is 2.53. The second-order valence-electron chi connectivity index (χ2n) is 8.32. The zero-order valence-corrected chi connectivity index (χ0v) is 15.1.